The molecule has 0 atom stereocenters. The van der Waals surface area contributed by atoms with Crippen molar-refractivity contribution < 1.29 is 28.5 Å². The minimum atomic E-state index is -0.534. The molecule has 3 rings (SSSR count). The number of nitrogens with one attached hydrogen (secondary N) is 1. The molecule has 34 heavy (non-hydrogen) atoms. The van der Waals surface area contributed by atoms with Gasteiger partial charge >= 0.3 is 5.97 Å². The Hall–Kier alpha value is -3.85. The number of hydrogen-bond acceptors (Lipinski definition) is 7. The van der Waals surface area contributed by atoms with Gasteiger partial charge in [-0.05, 0) is 73.2 Å². The van der Waals surface area contributed by atoms with Crippen LogP contribution in [0.5, 0.6) is 23.0 Å². The molecule has 0 fully saturated rings. The van der Waals surface area contributed by atoms with E-state index in [0.29, 0.717) is 40.5 Å². The van der Waals surface area contributed by atoms with Crippen LogP contribution in [0.1, 0.15) is 33.2 Å². The van der Waals surface area contributed by atoms with E-state index in [1.54, 1.807) is 67.8 Å². The van der Waals surface area contributed by atoms with Crippen molar-refractivity contribution in [2.45, 2.75) is 6.92 Å². The number of nitrogens with zero attached hydrogens (tertiary/aromatic N) is 1. The lowest BCUT2D eigenvalue weighted by atomic mass is 10.2. The quantitative estimate of drug-likeness (QED) is 0.185. The van der Waals surface area contributed by atoms with Crippen LogP contribution in [0.15, 0.2) is 70.2 Å². The Morgan fingerprint density at radius 2 is 1.68 bits per heavy atom. The highest BCUT2D eigenvalue weighted by Gasteiger charge is 2.14. The van der Waals surface area contributed by atoms with Crippen molar-refractivity contribution in [1.82, 2.24) is 5.43 Å². The van der Waals surface area contributed by atoms with Gasteiger partial charge in [0.15, 0.2) is 11.5 Å². The lowest BCUT2D eigenvalue weighted by molar-refractivity contribution is 0.0729. The summed E-state index contributed by atoms with van der Waals surface area (Å²) in [5, 5.41) is 4.01. The molecule has 3 aromatic rings. The van der Waals surface area contributed by atoms with E-state index >= 15 is 0 Å². The standard InChI is InChI=1S/C25H23BrN2O6/c1-4-33-21-12-8-18(26)14-20(21)24(29)28-27-15-16-5-11-22(23(13-16)32-3)34-25(30)17-6-9-19(31-2)10-7-17/h5-15H,4H2,1-3H3,(H,28,29)/b27-15+. The van der Waals surface area contributed by atoms with E-state index in [9.17, 15) is 9.59 Å². The summed E-state index contributed by atoms with van der Waals surface area (Å²) in [6.07, 6.45) is 1.45. The van der Waals surface area contributed by atoms with Gasteiger partial charge in [0.2, 0.25) is 0 Å². The first-order chi connectivity index (χ1) is 16.4. The average Bonchev–Trinajstić information content (AvgIpc) is 2.85. The van der Waals surface area contributed by atoms with Crippen LogP contribution in [-0.4, -0.2) is 38.9 Å². The van der Waals surface area contributed by atoms with Crippen molar-refractivity contribution >= 4 is 34.0 Å². The maximum atomic E-state index is 12.5. The summed E-state index contributed by atoms with van der Waals surface area (Å²) >= 11 is 3.35. The van der Waals surface area contributed by atoms with E-state index in [0.717, 1.165) is 4.47 Å². The van der Waals surface area contributed by atoms with Gasteiger partial charge < -0.3 is 18.9 Å². The topological polar surface area (TPSA) is 95.5 Å². The average molecular weight is 527 g/mol. The van der Waals surface area contributed by atoms with E-state index in [-0.39, 0.29) is 5.75 Å². The lowest BCUT2D eigenvalue weighted by Gasteiger charge is -2.10. The fourth-order valence-electron chi connectivity index (χ4n) is 2.92. The SMILES string of the molecule is CCOc1ccc(Br)cc1C(=O)N/N=C/c1ccc(OC(=O)c2ccc(OC)cc2)c(OC)c1. The third-order valence-corrected chi connectivity index (χ3v) is 5.08. The second-order valence-corrected chi connectivity index (χ2v) is 7.72. The Labute approximate surface area is 205 Å². The summed E-state index contributed by atoms with van der Waals surface area (Å²) in [4.78, 5) is 25.0. The predicted molar refractivity (Wildman–Crippen MR) is 131 cm³/mol. The normalized spacial score (nSPS) is 10.6. The molecular formula is C25H23BrN2O6. The molecule has 3 aromatic carbocycles. The Morgan fingerprint density at radius 3 is 2.35 bits per heavy atom. The van der Waals surface area contributed by atoms with Gasteiger partial charge in [0.25, 0.3) is 5.91 Å². The highest BCUT2D eigenvalue weighted by molar-refractivity contribution is 9.10. The van der Waals surface area contributed by atoms with Crippen LogP contribution in [0.2, 0.25) is 0 Å². The van der Waals surface area contributed by atoms with E-state index in [1.165, 1.54) is 13.3 Å². The van der Waals surface area contributed by atoms with Crippen molar-refractivity contribution in [2.24, 2.45) is 5.10 Å². The molecule has 0 unspecified atom stereocenters. The number of hydrogen-bond donors (Lipinski definition) is 1. The molecule has 8 nitrogen and oxygen atoms in total. The summed E-state index contributed by atoms with van der Waals surface area (Å²) in [7, 11) is 3.01. The van der Waals surface area contributed by atoms with Crippen LogP contribution in [0.3, 0.4) is 0 Å². The van der Waals surface area contributed by atoms with Gasteiger partial charge in [-0.25, -0.2) is 10.2 Å². The first-order valence-corrected chi connectivity index (χ1v) is 11.0. The van der Waals surface area contributed by atoms with Crippen LogP contribution in [-0.2, 0) is 0 Å². The summed E-state index contributed by atoms with van der Waals surface area (Å²) in [6, 6.07) is 16.6. The van der Waals surface area contributed by atoms with Crippen molar-refractivity contribution in [3.05, 3.63) is 81.8 Å². The van der Waals surface area contributed by atoms with E-state index in [2.05, 4.69) is 26.5 Å². The molecular weight excluding hydrogens is 504 g/mol. The second-order valence-electron chi connectivity index (χ2n) is 6.80. The number of carbonyl (C=O) groups is 2. The van der Waals surface area contributed by atoms with E-state index in [4.69, 9.17) is 18.9 Å². The molecule has 0 spiro atoms. The fourth-order valence-corrected chi connectivity index (χ4v) is 3.28. The van der Waals surface area contributed by atoms with Gasteiger partial charge in [-0.15, -0.1) is 0 Å². The van der Waals surface area contributed by atoms with Gasteiger partial charge in [-0.3, -0.25) is 4.79 Å². The monoisotopic (exact) mass is 526 g/mol. The molecule has 0 aliphatic carbocycles. The van der Waals surface area contributed by atoms with Gasteiger partial charge in [0.1, 0.15) is 11.5 Å². The molecule has 9 heteroatoms. The maximum absolute atomic E-state index is 12.5. The van der Waals surface area contributed by atoms with Crippen LogP contribution >= 0.6 is 15.9 Å². The van der Waals surface area contributed by atoms with Crippen LogP contribution in [0.25, 0.3) is 0 Å². The Balaban J connectivity index is 1.69. The van der Waals surface area contributed by atoms with Gasteiger partial charge in [-0.2, -0.15) is 5.10 Å². The molecule has 0 heterocycles. The molecule has 0 radical (unpaired) electrons. The molecule has 0 aromatic heterocycles. The van der Waals surface area contributed by atoms with Crippen molar-refractivity contribution in [1.29, 1.82) is 0 Å². The number of carbonyl (C=O) groups excluding carboxylic acids is 2. The van der Waals surface area contributed by atoms with Crippen molar-refractivity contribution in [2.75, 3.05) is 20.8 Å². The van der Waals surface area contributed by atoms with Crippen LogP contribution < -0.4 is 24.4 Å². The molecule has 0 aliphatic heterocycles. The zero-order chi connectivity index (χ0) is 24.5. The first-order valence-electron chi connectivity index (χ1n) is 10.2. The number of benzene rings is 3. The number of hydrazone groups is 1. The molecule has 1 amide bonds. The van der Waals surface area contributed by atoms with Crippen molar-refractivity contribution in [3.63, 3.8) is 0 Å². The Bertz CT molecular complexity index is 1190. The second kappa shape index (κ2) is 11.9. The van der Waals surface area contributed by atoms with Gasteiger partial charge in [0, 0.05) is 4.47 Å². The summed E-state index contributed by atoms with van der Waals surface area (Å²) < 4.78 is 22.1. The Kier molecular flexibility index (Phi) is 8.64. The van der Waals surface area contributed by atoms with Gasteiger partial charge in [-0.1, -0.05) is 15.9 Å². The zero-order valence-electron chi connectivity index (χ0n) is 18.8. The summed E-state index contributed by atoms with van der Waals surface area (Å²) in [5.41, 5.74) is 3.83. The Morgan fingerprint density at radius 1 is 0.941 bits per heavy atom. The van der Waals surface area contributed by atoms with Gasteiger partial charge in [0.05, 0.1) is 38.2 Å². The first kappa shape index (κ1) is 24.8. The third-order valence-electron chi connectivity index (χ3n) is 4.58. The summed E-state index contributed by atoms with van der Waals surface area (Å²) in [6.45, 7) is 2.27. The number of methoxy groups -OCH3 is 2. The number of esters is 1. The molecule has 1 N–H and O–H groups in total. The van der Waals surface area contributed by atoms with E-state index < -0.39 is 11.9 Å². The van der Waals surface area contributed by atoms with E-state index in [1.807, 2.05) is 6.92 Å². The van der Waals surface area contributed by atoms with Crippen LogP contribution in [0.4, 0.5) is 0 Å². The molecule has 0 bridgehead atoms. The number of halogens is 1. The highest BCUT2D eigenvalue weighted by atomic mass is 79.9. The zero-order valence-corrected chi connectivity index (χ0v) is 20.4. The molecule has 176 valence electrons. The lowest BCUT2D eigenvalue weighted by Crippen LogP contribution is -2.18. The minimum absolute atomic E-state index is 0.250. The van der Waals surface area contributed by atoms with Crippen molar-refractivity contribution in [3.8, 4) is 23.0 Å². The minimum Gasteiger partial charge on any atom is -0.497 e. The predicted octanol–water partition coefficient (Wildman–Crippen LogP) is 4.85. The molecule has 0 aliphatic rings. The number of rotatable bonds is 9. The fraction of sp³-hybridized carbons (Fsp3) is 0.160. The molecule has 0 saturated carbocycles. The van der Waals surface area contributed by atoms with Crippen LogP contribution in [0, 0.1) is 0 Å². The third kappa shape index (κ3) is 6.35. The summed E-state index contributed by atoms with van der Waals surface area (Å²) in [5.74, 6) is 0.733. The smallest absolute Gasteiger partial charge is 0.343 e. The highest BCUT2D eigenvalue weighted by Crippen LogP contribution is 2.29. The maximum Gasteiger partial charge on any atom is 0.343 e. The number of ether oxygens (including phenoxy) is 4. The number of amides is 1. The largest absolute Gasteiger partial charge is 0.497 e. The molecule has 0 saturated heterocycles.